The fourth-order valence-electron chi connectivity index (χ4n) is 3.79. The van der Waals surface area contributed by atoms with Gasteiger partial charge in [0, 0.05) is 16.6 Å². The van der Waals surface area contributed by atoms with Gasteiger partial charge in [-0.3, -0.25) is 14.7 Å². The summed E-state index contributed by atoms with van der Waals surface area (Å²) in [7, 11) is 0. The second-order valence-electron chi connectivity index (χ2n) is 7.47. The Bertz CT molecular complexity index is 1150. The molecule has 0 radical (unpaired) electrons. The predicted molar refractivity (Wildman–Crippen MR) is 124 cm³/mol. The van der Waals surface area contributed by atoms with Gasteiger partial charge in [0.2, 0.25) is 0 Å². The number of rotatable bonds is 6. The van der Waals surface area contributed by atoms with E-state index in [4.69, 9.17) is 14.5 Å². The van der Waals surface area contributed by atoms with Crippen molar-refractivity contribution in [3.05, 3.63) is 47.5 Å². The Balaban J connectivity index is 1.78. The minimum Gasteiger partial charge on any atom is -0.479 e. The van der Waals surface area contributed by atoms with Crippen LogP contribution in [0, 0.1) is 6.92 Å². The number of ether oxygens (including phenoxy) is 2. The van der Waals surface area contributed by atoms with Gasteiger partial charge in [0.25, 0.3) is 5.91 Å². The number of thiazole rings is 1. The van der Waals surface area contributed by atoms with E-state index in [2.05, 4.69) is 4.98 Å². The summed E-state index contributed by atoms with van der Waals surface area (Å²) in [5.41, 5.74) is 3.02. The SMILES string of the molecule is CCOC(=O)C(CC)N1C(=O)C(C)Oc2ccc(-c3nc(-c4ccccn4)sc3C)cc21. The largest absolute Gasteiger partial charge is 0.479 e. The normalized spacial score (nSPS) is 16.3. The number of anilines is 1. The zero-order valence-corrected chi connectivity index (χ0v) is 19.3. The van der Waals surface area contributed by atoms with Gasteiger partial charge in [-0.15, -0.1) is 11.3 Å². The van der Waals surface area contributed by atoms with Crippen LogP contribution in [-0.2, 0) is 14.3 Å². The average molecular weight is 452 g/mol. The molecular formula is C24H25N3O4S. The van der Waals surface area contributed by atoms with Gasteiger partial charge in [0.05, 0.1) is 23.7 Å². The first-order chi connectivity index (χ1) is 15.4. The van der Waals surface area contributed by atoms with Crippen molar-refractivity contribution in [3.8, 4) is 27.7 Å². The number of pyridine rings is 1. The summed E-state index contributed by atoms with van der Waals surface area (Å²) < 4.78 is 11.1. The van der Waals surface area contributed by atoms with Crippen LogP contribution in [0.15, 0.2) is 42.6 Å². The third kappa shape index (κ3) is 3.98. The number of aromatic nitrogens is 2. The zero-order chi connectivity index (χ0) is 22.8. The first-order valence-electron chi connectivity index (χ1n) is 10.6. The fraction of sp³-hybridized carbons (Fsp3) is 0.333. The molecule has 32 heavy (non-hydrogen) atoms. The summed E-state index contributed by atoms with van der Waals surface area (Å²) in [6.07, 6.45) is 1.49. The van der Waals surface area contributed by atoms with Crippen LogP contribution in [0.1, 0.15) is 32.1 Å². The van der Waals surface area contributed by atoms with Crippen molar-refractivity contribution in [1.29, 1.82) is 0 Å². The van der Waals surface area contributed by atoms with Gasteiger partial charge in [-0.1, -0.05) is 13.0 Å². The van der Waals surface area contributed by atoms with Crippen molar-refractivity contribution >= 4 is 28.9 Å². The number of hydrogen-bond donors (Lipinski definition) is 0. The number of hydrogen-bond acceptors (Lipinski definition) is 7. The lowest BCUT2D eigenvalue weighted by Crippen LogP contribution is -2.52. The number of benzene rings is 1. The Morgan fingerprint density at radius 3 is 2.78 bits per heavy atom. The number of amides is 1. The molecule has 0 spiro atoms. The quantitative estimate of drug-likeness (QED) is 0.508. The molecule has 1 aromatic carbocycles. The Hall–Kier alpha value is -3.26. The van der Waals surface area contributed by atoms with Gasteiger partial charge >= 0.3 is 5.97 Å². The monoisotopic (exact) mass is 451 g/mol. The molecule has 0 saturated heterocycles. The van der Waals surface area contributed by atoms with E-state index in [1.54, 1.807) is 31.4 Å². The highest BCUT2D eigenvalue weighted by Crippen LogP contribution is 2.41. The van der Waals surface area contributed by atoms with Crippen LogP contribution in [0.4, 0.5) is 5.69 Å². The van der Waals surface area contributed by atoms with E-state index in [-0.39, 0.29) is 12.5 Å². The van der Waals surface area contributed by atoms with Crippen LogP contribution in [0.5, 0.6) is 5.75 Å². The van der Waals surface area contributed by atoms with Crippen molar-refractivity contribution in [3.63, 3.8) is 0 Å². The molecule has 0 saturated carbocycles. The predicted octanol–water partition coefficient (Wildman–Crippen LogP) is 4.64. The second-order valence-corrected chi connectivity index (χ2v) is 8.67. The van der Waals surface area contributed by atoms with Crippen molar-refractivity contribution in [2.75, 3.05) is 11.5 Å². The van der Waals surface area contributed by atoms with Gasteiger partial charge in [0.15, 0.2) is 6.10 Å². The third-order valence-electron chi connectivity index (χ3n) is 5.32. The Morgan fingerprint density at radius 2 is 2.09 bits per heavy atom. The lowest BCUT2D eigenvalue weighted by atomic mass is 10.0. The maximum absolute atomic E-state index is 13.1. The van der Waals surface area contributed by atoms with Gasteiger partial charge < -0.3 is 9.47 Å². The lowest BCUT2D eigenvalue weighted by molar-refractivity contribution is -0.146. The van der Waals surface area contributed by atoms with Crippen LogP contribution in [0.3, 0.4) is 0 Å². The molecule has 0 N–H and O–H groups in total. The molecule has 8 heteroatoms. The molecule has 3 aromatic rings. The highest BCUT2D eigenvalue weighted by atomic mass is 32.1. The zero-order valence-electron chi connectivity index (χ0n) is 18.5. The summed E-state index contributed by atoms with van der Waals surface area (Å²) in [6.45, 7) is 7.57. The van der Waals surface area contributed by atoms with Crippen molar-refractivity contribution in [1.82, 2.24) is 9.97 Å². The summed E-state index contributed by atoms with van der Waals surface area (Å²) in [5, 5.41) is 0.826. The van der Waals surface area contributed by atoms with E-state index in [0.717, 1.165) is 26.8 Å². The first-order valence-corrected chi connectivity index (χ1v) is 11.5. The standard InChI is InChI=1S/C24H25N3O4S/c1-5-18(24(29)30-6-2)27-19-13-16(10-11-20(19)31-14(3)23(27)28)21-15(4)32-22(26-21)17-9-7-8-12-25-17/h7-14,18H,5-6H2,1-4H3. The maximum Gasteiger partial charge on any atom is 0.329 e. The summed E-state index contributed by atoms with van der Waals surface area (Å²) in [4.78, 5) is 37.5. The smallest absolute Gasteiger partial charge is 0.329 e. The topological polar surface area (TPSA) is 81.6 Å². The molecule has 4 rings (SSSR count). The van der Waals surface area contributed by atoms with Gasteiger partial charge in [-0.2, -0.15) is 0 Å². The van der Waals surface area contributed by atoms with E-state index in [1.807, 2.05) is 50.2 Å². The van der Waals surface area contributed by atoms with Gasteiger partial charge in [0.1, 0.15) is 16.8 Å². The fourth-order valence-corrected chi connectivity index (χ4v) is 4.70. The molecule has 2 unspecified atom stereocenters. The summed E-state index contributed by atoms with van der Waals surface area (Å²) in [5.74, 6) is -0.128. The number of carbonyl (C=O) groups excluding carboxylic acids is 2. The third-order valence-corrected chi connectivity index (χ3v) is 6.31. The minimum absolute atomic E-state index is 0.255. The second kappa shape index (κ2) is 9.08. The highest BCUT2D eigenvalue weighted by molar-refractivity contribution is 7.15. The highest BCUT2D eigenvalue weighted by Gasteiger charge is 2.39. The van der Waals surface area contributed by atoms with Gasteiger partial charge in [-0.25, -0.2) is 9.78 Å². The minimum atomic E-state index is -0.719. The van der Waals surface area contributed by atoms with Crippen molar-refractivity contribution < 1.29 is 19.1 Å². The van der Waals surface area contributed by atoms with Crippen LogP contribution >= 0.6 is 11.3 Å². The summed E-state index contributed by atoms with van der Waals surface area (Å²) in [6, 6.07) is 10.6. The molecule has 0 fully saturated rings. The van der Waals surface area contributed by atoms with E-state index < -0.39 is 18.1 Å². The Labute approximate surface area is 191 Å². The lowest BCUT2D eigenvalue weighted by Gasteiger charge is -2.37. The Kier molecular flexibility index (Phi) is 6.23. The van der Waals surface area contributed by atoms with E-state index in [1.165, 1.54) is 4.90 Å². The number of nitrogens with zero attached hydrogens (tertiary/aromatic N) is 3. The molecule has 0 bridgehead atoms. The van der Waals surface area contributed by atoms with Gasteiger partial charge in [-0.05, 0) is 57.5 Å². The van der Waals surface area contributed by atoms with E-state index >= 15 is 0 Å². The van der Waals surface area contributed by atoms with Crippen molar-refractivity contribution in [2.24, 2.45) is 0 Å². The Morgan fingerprint density at radius 1 is 1.28 bits per heavy atom. The van der Waals surface area contributed by atoms with Crippen molar-refractivity contribution in [2.45, 2.75) is 46.3 Å². The molecule has 1 aliphatic rings. The molecule has 3 heterocycles. The molecule has 166 valence electrons. The maximum atomic E-state index is 13.1. The molecule has 7 nitrogen and oxygen atoms in total. The van der Waals surface area contributed by atoms with Crippen LogP contribution in [0.25, 0.3) is 22.0 Å². The number of esters is 1. The summed E-state index contributed by atoms with van der Waals surface area (Å²) >= 11 is 1.56. The average Bonchev–Trinajstić information content (AvgIpc) is 3.19. The van der Waals surface area contributed by atoms with Crippen LogP contribution < -0.4 is 9.64 Å². The van der Waals surface area contributed by atoms with Crippen LogP contribution in [0.2, 0.25) is 0 Å². The molecule has 0 aliphatic carbocycles. The number of carbonyl (C=O) groups is 2. The molecule has 2 atom stereocenters. The molecule has 1 aliphatic heterocycles. The molecular weight excluding hydrogens is 426 g/mol. The number of fused-ring (bicyclic) bond motifs is 1. The van der Waals surface area contributed by atoms with E-state index in [9.17, 15) is 9.59 Å². The van der Waals surface area contributed by atoms with Crippen LogP contribution in [-0.4, -0.2) is 40.6 Å². The molecule has 2 aromatic heterocycles. The number of aryl methyl sites for hydroxylation is 1. The first kappa shape index (κ1) is 22.0. The molecule has 1 amide bonds. The van der Waals surface area contributed by atoms with E-state index in [0.29, 0.717) is 17.9 Å².